The Hall–Kier alpha value is -2.40. The van der Waals surface area contributed by atoms with Crippen LogP contribution in [0.2, 0.25) is 0 Å². The van der Waals surface area contributed by atoms with Crippen molar-refractivity contribution >= 4 is 11.0 Å². The van der Waals surface area contributed by atoms with Crippen LogP contribution in [0.4, 0.5) is 4.39 Å². The molecule has 0 saturated carbocycles. The maximum absolute atomic E-state index is 14.7. The topological polar surface area (TPSA) is 38.5 Å². The molecule has 0 radical (unpaired) electrons. The van der Waals surface area contributed by atoms with Gasteiger partial charge in [0.15, 0.2) is 11.9 Å². The van der Waals surface area contributed by atoms with Crippen molar-refractivity contribution in [2.45, 2.75) is 31.5 Å². The highest BCUT2D eigenvalue weighted by molar-refractivity contribution is 5.79. The molecule has 1 fully saturated rings. The minimum atomic E-state index is -0.944. The van der Waals surface area contributed by atoms with Crippen molar-refractivity contribution in [2.24, 2.45) is 0 Å². The molecule has 1 saturated heterocycles. The van der Waals surface area contributed by atoms with Gasteiger partial charge in [-0.2, -0.15) is 0 Å². The minimum Gasteiger partial charge on any atom is -0.494 e. The van der Waals surface area contributed by atoms with E-state index in [2.05, 4.69) is 5.16 Å². The molecule has 2 atom stereocenters. The van der Waals surface area contributed by atoms with Crippen LogP contribution in [0.1, 0.15) is 30.9 Å². The van der Waals surface area contributed by atoms with Gasteiger partial charge < -0.3 is 9.26 Å². The van der Waals surface area contributed by atoms with E-state index in [0.29, 0.717) is 19.6 Å². The number of halogens is 1. The average molecular weight is 354 g/mol. The maximum Gasteiger partial charge on any atom is 0.167 e. The molecule has 4 rings (SSSR count). The quantitative estimate of drug-likeness (QED) is 0.472. The molecule has 2 heterocycles. The van der Waals surface area contributed by atoms with E-state index in [1.807, 2.05) is 59.5 Å². The van der Waals surface area contributed by atoms with Crippen molar-refractivity contribution in [3.63, 3.8) is 0 Å². The average Bonchev–Trinajstić information content (AvgIpc) is 3.11. The Bertz CT molecular complexity index is 836. The molecule has 0 N–H and O–H groups in total. The van der Waals surface area contributed by atoms with Crippen molar-refractivity contribution in [3.8, 4) is 5.75 Å². The van der Waals surface area contributed by atoms with Gasteiger partial charge in [-0.05, 0) is 37.1 Å². The Morgan fingerprint density at radius 1 is 1.12 bits per heavy atom. The molecule has 26 heavy (non-hydrogen) atoms. The third-order valence-corrected chi connectivity index (χ3v) is 5.03. The second-order valence-corrected chi connectivity index (χ2v) is 6.77. The predicted octanol–water partition coefficient (Wildman–Crippen LogP) is 4.77. The van der Waals surface area contributed by atoms with E-state index < -0.39 is 6.30 Å². The van der Waals surface area contributed by atoms with Crippen LogP contribution in [0.5, 0.6) is 5.75 Å². The van der Waals surface area contributed by atoms with Crippen molar-refractivity contribution in [1.82, 2.24) is 10.1 Å². The first-order valence-corrected chi connectivity index (χ1v) is 9.21. The van der Waals surface area contributed by atoms with Crippen molar-refractivity contribution in [2.75, 3.05) is 19.7 Å². The summed E-state index contributed by atoms with van der Waals surface area (Å²) in [6.07, 6.45) is 1.24. The van der Waals surface area contributed by atoms with Crippen LogP contribution >= 0.6 is 0 Å². The smallest absolute Gasteiger partial charge is 0.167 e. The summed E-state index contributed by atoms with van der Waals surface area (Å²) < 4.78 is 25.7. The van der Waals surface area contributed by atoms with Gasteiger partial charge in [0.2, 0.25) is 0 Å². The molecule has 3 aromatic rings. The third-order valence-electron chi connectivity index (χ3n) is 5.03. The van der Waals surface area contributed by atoms with E-state index in [-0.39, 0.29) is 5.92 Å². The first-order valence-electron chi connectivity index (χ1n) is 9.21. The van der Waals surface area contributed by atoms with E-state index >= 15 is 0 Å². The molecule has 1 aliphatic rings. The number of piperidine rings is 1. The summed E-state index contributed by atoms with van der Waals surface area (Å²) >= 11 is 0. The lowest BCUT2D eigenvalue weighted by molar-refractivity contribution is 0.0326. The summed E-state index contributed by atoms with van der Waals surface area (Å²) in [4.78, 5) is 1.91. The summed E-state index contributed by atoms with van der Waals surface area (Å²) in [6.45, 7) is 2.04. The lowest BCUT2D eigenvalue weighted by Gasteiger charge is -2.34. The molecule has 0 amide bonds. The largest absolute Gasteiger partial charge is 0.494 e. The number of likely N-dealkylation sites (tertiary alicyclic amines) is 1. The molecular weight excluding hydrogens is 331 g/mol. The van der Waals surface area contributed by atoms with Crippen LogP contribution < -0.4 is 4.74 Å². The van der Waals surface area contributed by atoms with Crippen LogP contribution in [0, 0.1) is 0 Å². The zero-order chi connectivity index (χ0) is 17.8. The second kappa shape index (κ2) is 7.87. The highest BCUT2D eigenvalue weighted by Crippen LogP contribution is 2.35. The first-order chi connectivity index (χ1) is 12.8. The highest BCUT2D eigenvalue weighted by atomic mass is 19.1. The Labute approximate surface area is 152 Å². The number of benzene rings is 2. The molecule has 0 bridgehead atoms. The fraction of sp³-hybridized carbons (Fsp3) is 0.381. The molecule has 136 valence electrons. The van der Waals surface area contributed by atoms with E-state index in [4.69, 9.17) is 9.26 Å². The summed E-state index contributed by atoms with van der Waals surface area (Å²) in [7, 11) is 0. The molecule has 2 unspecified atom stereocenters. The second-order valence-electron chi connectivity index (χ2n) is 6.77. The number of rotatable bonds is 6. The van der Waals surface area contributed by atoms with E-state index in [9.17, 15) is 4.39 Å². The van der Waals surface area contributed by atoms with Crippen molar-refractivity contribution in [3.05, 3.63) is 60.3 Å². The summed E-state index contributed by atoms with van der Waals surface area (Å²) in [5.74, 6) is 0.978. The van der Waals surface area contributed by atoms with Gasteiger partial charge in [0.05, 0.1) is 12.3 Å². The van der Waals surface area contributed by atoms with Gasteiger partial charge in [-0.15, -0.1) is 0 Å². The van der Waals surface area contributed by atoms with E-state index in [1.54, 1.807) is 0 Å². The maximum atomic E-state index is 14.7. The third kappa shape index (κ3) is 3.73. The molecule has 0 aliphatic carbocycles. The fourth-order valence-corrected chi connectivity index (χ4v) is 3.64. The van der Waals surface area contributed by atoms with Gasteiger partial charge in [-0.1, -0.05) is 35.5 Å². The summed E-state index contributed by atoms with van der Waals surface area (Å²) in [5.41, 5.74) is 1.67. The fourth-order valence-electron chi connectivity index (χ4n) is 3.64. The number of hydrogen-bond acceptors (Lipinski definition) is 4. The van der Waals surface area contributed by atoms with Crippen LogP contribution in [0.3, 0.4) is 0 Å². The number of ether oxygens (including phenoxy) is 1. The normalized spacial score (nSPS) is 21.1. The molecule has 2 aromatic carbocycles. The van der Waals surface area contributed by atoms with Crippen LogP contribution in [-0.4, -0.2) is 36.0 Å². The number of para-hydroxylation sites is 2. The summed E-state index contributed by atoms with van der Waals surface area (Å²) in [6, 6.07) is 17.5. The summed E-state index contributed by atoms with van der Waals surface area (Å²) in [5, 5.41) is 5.22. The van der Waals surface area contributed by atoms with Gasteiger partial charge in [0.25, 0.3) is 0 Å². The van der Waals surface area contributed by atoms with Gasteiger partial charge in [0, 0.05) is 30.8 Å². The number of aromatic nitrogens is 1. The number of nitrogens with zero attached hydrogens (tertiary/aromatic N) is 2. The predicted molar refractivity (Wildman–Crippen MR) is 99.0 cm³/mol. The van der Waals surface area contributed by atoms with Gasteiger partial charge >= 0.3 is 0 Å². The van der Waals surface area contributed by atoms with Gasteiger partial charge in [-0.3, -0.25) is 4.90 Å². The Morgan fingerprint density at radius 2 is 1.92 bits per heavy atom. The van der Waals surface area contributed by atoms with Crippen molar-refractivity contribution < 1.29 is 13.7 Å². The standard InChI is InChI=1S/C21H23FN2O2/c22-20-15-16(21-18-9-4-5-10-19(18)26-23-21)11-13-24(20)12-6-14-25-17-7-2-1-3-8-17/h1-5,7-10,16,20H,6,11-15H2. The van der Waals surface area contributed by atoms with Crippen LogP contribution in [0.15, 0.2) is 59.1 Å². The van der Waals surface area contributed by atoms with Gasteiger partial charge in [0.1, 0.15) is 5.75 Å². The Morgan fingerprint density at radius 3 is 2.77 bits per heavy atom. The minimum absolute atomic E-state index is 0.116. The van der Waals surface area contributed by atoms with E-state index in [0.717, 1.165) is 41.8 Å². The molecule has 1 aliphatic heterocycles. The van der Waals surface area contributed by atoms with Crippen molar-refractivity contribution in [1.29, 1.82) is 0 Å². The number of hydrogen-bond donors (Lipinski definition) is 0. The van der Waals surface area contributed by atoms with E-state index in [1.165, 1.54) is 0 Å². The molecule has 0 spiro atoms. The lowest BCUT2D eigenvalue weighted by atomic mass is 9.91. The lowest BCUT2D eigenvalue weighted by Crippen LogP contribution is -2.40. The number of alkyl halides is 1. The van der Waals surface area contributed by atoms with Crippen LogP contribution in [0.25, 0.3) is 11.0 Å². The molecule has 4 nitrogen and oxygen atoms in total. The highest BCUT2D eigenvalue weighted by Gasteiger charge is 2.31. The molecule has 1 aromatic heterocycles. The van der Waals surface area contributed by atoms with Gasteiger partial charge in [-0.25, -0.2) is 4.39 Å². The monoisotopic (exact) mass is 354 g/mol. The zero-order valence-electron chi connectivity index (χ0n) is 14.7. The number of fused-ring (bicyclic) bond motifs is 1. The van der Waals surface area contributed by atoms with Crippen LogP contribution in [-0.2, 0) is 0 Å². The molecule has 5 heteroatoms. The Kier molecular flexibility index (Phi) is 5.16. The zero-order valence-corrected chi connectivity index (χ0v) is 14.7. The Balaban J connectivity index is 1.28. The first kappa shape index (κ1) is 17.0. The SMILES string of the molecule is FC1CC(c2noc3ccccc23)CCN1CCCOc1ccccc1. The molecular formula is C21H23FN2O2.